The molecule has 3 rings (SSSR count). The van der Waals surface area contributed by atoms with Gasteiger partial charge in [-0.25, -0.2) is 9.78 Å². The maximum Gasteiger partial charge on any atom is 0.357 e. The van der Waals surface area contributed by atoms with Gasteiger partial charge in [-0.15, -0.1) is 11.3 Å². The van der Waals surface area contributed by atoms with E-state index < -0.39 is 5.97 Å². The van der Waals surface area contributed by atoms with E-state index in [9.17, 15) is 4.79 Å². The molecule has 0 aliphatic carbocycles. The first kappa shape index (κ1) is 14.0. The van der Waals surface area contributed by atoms with E-state index in [2.05, 4.69) is 31.0 Å². The zero-order valence-electron chi connectivity index (χ0n) is 11.1. The van der Waals surface area contributed by atoms with Gasteiger partial charge in [0.1, 0.15) is 0 Å². The van der Waals surface area contributed by atoms with Crippen molar-refractivity contribution < 1.29 is 9.53 Å². The minimum Gasteiger partial charge on any atom is -0.464 e. The average Bonchev–Trinajstić information content (AvgIpc) is 2.98. The fourth-order valence-electron chi connectivity index (χ4n) is 2.02. The Hall–Kier alpha value is -1.92. The molecule has 0 radical (unpaired) electrons. The molecule has 4 nitrogen and oxygen atoms in total. The highest BCUT2D eigenvalue weighted by molar-refractivity contribution is 9.10. The molecule has 0 amide bonds. The van der Waals surface area contributed by atoms with E-state index >= 15 is 0 Å². The first-order valence-electron chi connectivity index (χ1n) is 6.17. The van der Waals surface area contributed by atoms with Crippen LogP contribution in [0.25, 0.3) is 10.8 Å². The van der Waals surface area contributed by atoms with Crippen molar-refractivity contribution in [1.29, 1.82) is 0 Å². The first-order chi connectivity index (χ1) is 10.2. The third kappa shape index (κ3) is 2.77. The summed E-state index contributed by atoms with van der Waals surface area (Å²) < 4.78 is 5.70. The van der Waals surface area contributed by atoms with Gasteiger partial charge in [0, 0.05) is 20.9 Å². The molecular weight excluding hydrogens is 352 g/mol. The van der Waals surface area contributed by atoms with Crippen molar-refractivity contribution in [2.45, 2.75) is 0 Å². The van der Waals surface area contributed by atoms with E-state index in [1.54, 1.807) is 5.38 Å². The van der Waals surface area contributed by atoms with Crippen LogP contribution in [0.1, 0.15) is 10.5 Å². The number of nitrogens with one attached hydrogen (secondary N) is 1. The molecule has 1 aromatic heterocycles. The number of esters is 1. The fourth-order valence-corrected chi connectivity index (χ4v) is 3.19. The molecule has 6 heteroatoms. The van der Waals surface area contributed by atoms with E-state index in [1.165, 1.54) is 18.4 Å². The van der Waals surface area contributed by atoms with Crippen molar-refractivity contribution >= 4 is 54.8 Å². The number of aromatic nitrogens is 1. The van der Waals surface area contributed by atoms with Gasteiger partial charge < -0.3 is 10.1 Å². The van der Waals surface area contributed by atoms with Crippen molar-refractivity contribution in [2.75, 3.05) is 12.4 Å². The number of methoxy groups -OCH3 is 1. The van der Waals surface area contributed by atoms with Gasteiger partial charge in [0.05, 0.1) is 7.11 Å². The summed E-state index contributed by atoms with van der Waals surface area (Å²) in [6.07, 6.45) is 0. The van der Waals surface area contributed by atoms with Gasteiger partial charge in [0.2, 0.25) is 0 Å². The van der Waals surface area contributed by atoms with E-state index in [-0.39, 0.29) is 0 Å². The summed E-state index contributed by atoms with van der Waals surface area (Å²) in [6.45, 7) is 0. The molecule has 0 unspecified atom stereocenters. The zero-order chi connectivity index (χ0) is 14.8. The number of rotatable bonds is 3. The molecule has 106 valence electrons. The van der Waals surface area contributed by atoms with Gasteiger partial charge in [0.25, 0.3) is 0 Å². The number of carbonyl (C=O) groups is 1. The maximum absolute atomic E-state index is 11.4. The maximum atomic E-state index is 11.4. The Balaban J connectivity index is 1.97. The third-order valence-electron chi connectivity index (χ3n) is 3.01. The van der Waals surface area contributed by atoms with Crippen LogP contribution in [0.3, 0.4) is 0 Å². The normalized spacial score (nSPS) is 10.6. The van der Waals surface area contributed by atoms with Crippen LogP contribution >= 0.6 is 27.3 Å². The quantitative estimate of drug-likeness (QED) is 0.692. The van der Waals surface area contributed by atoms with Crippen LogP contribution in [0.5, 0.6) is 0 Å². The molecule has 0 saturated heterocycles. The van der Waals surface area contributed by atoms with Crippen molar-refractivity contribution in [2.24, 2.45) is 0 Å². The molecule has 0 saturated carbocycles. The number of fused-ring (bicyclic) bond motifs is 1. The summed E-state index contributed by atoms with van der Waals surface area (Å²) in [5.74, 6) is -0.431. The Bertz CT molecular complexity index is 816. The van der Waals surface area contributed by atoms with Crippen molar-refractivity contribution in [1.82, 2.24) is 4.98 Å². The molecule has 0 aliphatic heterocycles. The van der Waals surface area contributed by atoms with E-state index in [4.69, 9.17) is 0 Å². The lowest BCUT2D eigenvalue weighted by molar-refractivity contribution is 0.0595. The first-order valence-corrected chi connectivity index (χ1v) is 7.84. The van der Waals surface area contributed by atoms with E-state index in [1.807, 2.05) is 36.4 Å². The zero-order valence-corrected chi connectivity index (χ0v) is 13.5. The van der Waals surface area contributed by atoms with Gasteiger partial charge in [0.15, 0.2) is 10.8 Å². The second kappa shape index (κ2) is 5.83. The molecule has 21 heavy (non-hydrogen) atoms. The van der Waals surface area contributed by atoms with Crippen LogP contribution in [0.4, 0.5) is 10.8 Å². The van der Waals surface area contributed by atoms with Crippen LogP contribution in [0.15, 0.2) is 46.3 Å². The number of benzene rings is 2. The van der Waals surface area contributed by atoms with Gasteiger partial charge in [-0.1, -0.05) is 40.2 Å². The highest BCUT2D eigenvalue weighted by Gasteiger charge is 2.11. The third-order valence-corrected chi connectivity index (χ3v) is 4.46. The minimum absolute atomic E-state index is 0.311. The predicted molar refractivity (Wildman–Crippen MR) is 88.4 cm³/mol. The summed E-state index contributed by atoms with van der Waals surface area (Å²) in [7, 11) is 1.34. The van der Waals surface area contributed by atoms with Crippen molar-refractivity contribution in [3.63, 3.8) is 0 Å². The SMILES string of the molecule is COC(=O)c1csc(Nc2ccc(Br)c3ccccc23)n1. The highest BCUT2D eigenvalue weighted by atomic mass is 79.9. The lowest BCUT2D eigenvalue weighted by atomic mass is 10.1. The van der Waals surface area contributed by atoms with Crippen LogP contribution in [-0.2, 0) is 4.74 Å². The summed E-state index contributed by atoms with van der Waals surface area (Å²) >= 11 is 4.91. The molecule has 3 aromatic rings. The summed E-state index contributed by atoms with van der Waals surface area (Å²) in [5, 5.41) is 7.79. The lowest BCUT2D eigenvalue weighted by Gasteiger charge is -2.08. The Kier molecular flexibility index (Phi) is 3.90. The molecule has 0 bridgehead atoms. The molecule has 1 N–H and O–H groups in total. The van der Waals surface area contributed by atoms with Crippen molar-refractivity contribution in [3.05, 3.63) is 51.9 Å². The topological polar surface area (TPSA) is 51.2 Å². The van der Waals surface area contributed by atoms with Gasteiger partial charge in [-0.05, 0) is 17.5 Å². The number of nitrogens with zero attached hydrogens (tertiary/aromatic N) is 1. The number of ether oxygens (including phenoxy) is 1. The molecule has 2 aromatic carbocycles. The number of anilines is 2. The van der Waals surface area contributed by atoms with Crippen LogP contribution in [0, 0.1) is 0 Å². The van der Waals surface area contributed by atoms with E-state index in [0.717, 1.165) is 20.9 Å². The van der Waals surface area contributed by atoms with Gasteiger partial charge in [-0.3, -0.25) is 0 Å². The number of thiazole rings is 1. The van der Waals surface area contributed by atoms with Gasteiger partial charge in [-0.2, -0.15) is 0 Å². The molecular formula is C15H11BrN2O2S. The molecule has 0 atom stereocenters. The Labute approximate surface area is 133 Å². The lowest BCUT2D eigenvalue weighted by Crippen LogP contribution is -2.01. The van der Waals surface area contributed by atoms with Crippen molar-refractivity contribution in [3.8, 4) is 0 Å². The molecule has 0 fully saturated rings. The summed E-state index contributed by atoms with van der Waals surface area (Å²) in [4.78, 5) is 15.7. The largest absolute Gasteiger partial charge is 0.464 e. The number of hydrogen-bond acceptors (Lipinski definition) is 5. The summed E-state index contributed by atoms with van der Waals surface area (Å²) in [6, 6.07) is 12.0. The fraction of sp³-hybridized carbons (Fsp3) is 0.0667. The average molecular weight is 363 g/mol. The number of hydrogen-bond donors (Lipinski definition) is 1. The molecule has 1 heterocycles. The van der Waals surface area contributed by atoms with E-state index in [0.29, 0.717) is 10.8 Å². The number of carbonyl (C=O) groups excluding carboxylic acids is 1. The van der Waals surface area contributed by atoms with Crippen LogP contribution in [-0.4, -0.2) is 18.1 Å². The minimum atomic E-state index is -0.431. The molecule has 0 aliphatic rings. The summed E-state index contributed by atoms with van der Waals surface area (Å²) in [5.41, 5.74) is 1.26. The Morgan fingerprint density at radius 2 is 2.00 bits per heavy atom. The number of halogens is 1. The van der Waals surface area contributed by atoms with Crippen LogP contribution < -0.4 is 5.32 Å². The highest BCUT2D eigenvalue weighted by Crippen LogP contribution is 2.32. The second-order valence-electron chi connectivity index (χ2n) is 4.30. The van der Waals surface area contributed by atoms with Crippen LogP contribution in [0.2, 0.25) is 0 Å². The Morgan fingerprint density at radius 1 is 1.24 bits per heavy atom. The molecule has 0 spiro atoms. The standard InChI is InChI=1S/C15H11BrN2O2S/c1-20-14(19)13-8-21-15(18-13)17-12-7-6-11(16)9-4-2-3-5-10(9)12/h2-8H,1H3,(H,17,18). The second-order valence-corrected chi connectivity index (χ2v) is 6.01. The van der Waals surface area contributed by atoms with Gasteiger partial charge >= 0.3 is 5.97 Å². The monoisotopic (exact) mass is 362 g/mol. The predicted octanol–water partition coefficient (Wildman–Crippen LogP) is 4.59. The Morgan fingerprint density at radius 3 is 2.76 bits per heavy atom. The smallest absolute Gasteiger partial charge is 0.357 e.